The summed E-state index contributed by atoms with van der Waals surface area (Å²) in [4.78, 5) is 25.3. The van der Waals surface area contributed by atoms with Gasteiger partial charge in [0, 0.05) is 25.2 Å². The highest BCUT2D eigenvalue weighted by molar-refractivity contribution is 7.90. The van der Waals surface area contributed by atoms with Crippen molar-refractivity contribution >= 4 is 26.5 Å². The van der Waals surface area contributed by atoms with Crippen molar-refractivity contribution in [3.05, 3.63) is 40.3 Å². The summed E-state index contributed by atoms with van der Waals surface area (Å²) in [5.74, 6) is -0.567. The van der Waals surface area contributed by atoms with Gasteiger partial charge in [-0.3, -0.25) is 9.59 Å². The molecule has 8 heteroatoms. The molecule has 0 aliphatic carbocycles. The average Bonchev–Trinajstić information content (AvgIpc) is 2.44. The van der Waals surface area contributed by atoms with Crippen LogP contribution in [0.25, 0.3) is 10.8 Å². The molecule has 1 heterocycles. The molecule has 1 N–H and O–H groups in total. The third kappa shape index (κ3) is 3.46. The van der Waals surface area contributed by atoms with E-state index in [1.807, 2.05) is 0 Å². The van der Waals surface area contributed by atoms with Gasteiger partial charge in [0.15, 0.2) is 5.69 Å². The number of amides is 1. The second-order valence-electron chi connectivity index (χ2n) is 4.80. The molecule has 21 heavy (non-hydrogen) atoms. The molecule has 0 fully saturated rings. The first-order chi connectivity index (χ1) is 9.79. The molecule has 2 aromatic rings. The average molecular weight is 309 g/mol. The van der Waals surface area contributed by atoms with E-state index in [9.17, 15) is 18.0 Å². The van der Waals surface area contributed by atoms with Crippen molar-refractivity contribution in [1.29, 1.82) is 0 Å². The molecule has 0 unspecified atom stereocenters. The van der Waals surface area contributed by atoms with E-state index in [0.717, 1.165) is 6.26 Å². The zero-order valence-corrected chi connectivity index (χ0v) is 12.5. The SMILES string of the molecule is CN(CCS(C)(=O)=O)C(=O)c1n[nH]c(=O)c2ccccc12. The van der Waals surface area contributed by atoms with Crippen LogP contribution in [0.5, 0.6) is 0 Å². The number of carbonyl (C=O) groups is 1. The fourth-order valence-corrected chi connectivity index (χ4v) is 2.47. The Kier molecular flexibility index (Phi) is 4.08. The molecule has 0 saturated heterocycles. The van der Waals surface area contributed by atoms with Crippen molar-refractivity contribution in [2.24, 2.45) is 0 Å². The number of benzene rings is 1. The quantitative estimate of drug-likeness (QED) is 0.859. The lowest BCUT2D eigenvalue weighted by molar-refractivity contribution is 0.0798. The van der Waals surface area contributed by atoms with Gasteiger partial charge in [0.2, 0.25) is 0 Å². The van der Waals surface area contributed by atoms with E-state index in [-0.39, 0.29) is 23.6 Å². The number of aromatic amines is 1. The molecular formula is C13H15N3O4S. The molecule has 1 aromatic heterocycles. The van der Waals surface area contributed by atoms with Gasteiger partial charge in [0.25, 0.3) is 11.5 Å². The van der Waals surface area contributed by atoms with Crippen molar-refractivity contribution in [3.63, 3.8) is 0 Å². The maximum atomic E-state index is 12.3. The molecule has 0 aliphatic rings. The van der Waals surface area contributed by atoms with Crippen LogP contribution in [0, 0.1) is 0 Å². The summed E-state index contributed by atoms with van der Waals surface area (Å²) in [5, 5.41) is 6.88. The number of carbonyl (C=O) groups excluding carboxylic acids is 1. The maximum Gasteiger partial charge on any atom is 0.274 e. The molecule has 1 aromatic carbocycles. The van der Waals surface area contributed by atoms with Gasteiger partial charge in [0.05, 0.1) is 11.1 Å². The Labute approximate surface area is 121 Å². The normalized spacial score (nSPS) is 11.5. The van der Waals surface area contributed by atoms with E-state index in [1.54, 1.807) is 24.3 Å². The zero-order valence-electron chi connectivity index (χ0n) is 11.7. The standard InChI is InChI=1S/C13H15N3O4S/c1-16(7-8-21(2,19)20)13(18)11-9-5-3-4-6-10(9)12(17)15-14-11/h3-6H,7-8H2,1-2H3,(H,15,17). The largest absolute Gasteiger partial charge is 0.339 e. The number of fused-ring (bicyclic) bond motifs is 1. The Bertz CT molecular complexity index is 842. The second kappa shape index (κ2) is 5.65. The van der Waals surface area contributed by atoms with E-state index in [0.29, 0.717) is 10.8 Å². The predicted molar refractivity (Wildman–Crippen MR) is 79.0 cm³/mol. The van der Waals surface area contributed by atoms with Crippen LogP contribution in [0.2, 0.25) is 0 Å². The van der Waals surface area contributed by atoms with Gasteiger partial charge in [-0.2, -0.15) is 5.10 Å². The summed E-state index contributed by atoms with van der Waals surface area (Å²) in [7, 11) is -1.66. The van der Waals surface area contributed by atoms with Crippen LogP contribution >= 0.6 is 0 Å². The van der Waals surface area contributed by atoms with Crippen molar-refractivity contribution in [2.75, 3.05) is 25.6 Å². The van der Waals surface area contributed by atoms with Gasteiger partial charge in [-0.05, 0) is 6.07 Å². The number of hydrogen-bond donors (Lipinski definition) is 1. The topological polar surface area (TPSA) is 100 Å². The first-order valence-corrected chi connectivity index (χ1v) is 8.26. The molecule has 0 spiro atoms. The highest BCUT2D eigenvalue weighted by Gasteiger charge is 2.18. The molecule has 112 valence electrons. The molecule has 7 nitrogen and oxygen atoms in total. The van der Waals surface area contributed by atoms with Gasteiger partial charge in [-0.1, -0.05) is 18.2 Å². The molecule has 0 aliphatic heterocycles. The van der Waals surface area contributed by atoms with E-state index >= 15 is 0 Å². The lowest BCUT2D eigenvalue weighted by Gasteiger charge is -2.16. The smallest absolute Gasteiger partial charge is 0.274 e. The van der Waals surface area contributed by atoms with Crippen molar-refractivity contribution in [1.82, 2.24) is 15.1 Å². The van der Waals surface area contributed by atoms with Gasteiger partial charge < -0.3 is 4.90 Å². The van der Waals surface area contributed by atoms with Crippen LogP contribution in [0.1, 0.15) is 10.5 Å². The number of sulfone groups is 1. The minimum absolute atomic E-state index is 0.0623. The Morgan fingerprint density at radius 3 is 2.52 bits per heavy atom. The summed E-state index contributed by atoms with van der Waals surface area (Å²) in [6.07, 6.45) is 1.11. The van der Waals surface area contributed by atoms with E-state index in [2.05, 4.69) is 10.2 Å². The molecular weight excluding hydrogens is 294 g/mol. The summed E-state index contributed by atoms with van der Waals surface area (Å²) >= 11 is 0. The fourth-order valence-electron chi connectivity index (χ4n) is 1.86. The molecule has 1 amide bonds. The highest BCUT2D eigenvalue weighted by atomic mass is 32.2. The minimum Gasteiger partial charge on any atom is -0.339 e. The Morgan fingerprint density at radius 2 is 1.90 bits per heavy atom. The van der Waals surface area contributed by atoms with Crippen LogP contribution in [-0.4, -0.2) is 55.0 Å². The summed E-state index contributed by atoms with van der Waals surface area (Å²) < 4.78 is 22.3. The van der Waals surface area contributed by atoms with Crippen LogP contribution < -0.4 is 5.56 Å². The van der Waals surface area contributed by atoms with Crippen molar-refractivity contribution < 1.29 is 13.2 Å². The first kappa shape index (κ1) is 15.2. The van der Waals surface area contributed by atoms with Gasteiger partial charge in [0.1, 0.15) is 9.84 Å². The lowest BCUT2D eigenvalue weighted by atomic mass is 10.1. The molecule has 0 radical (unpaired) electrons. The number of H-pyrrole nitrogens is 1. The molecule has 0 atom stereocenters. The molecule has 0 saturated carbocycles. The Balaban J connectivity index is 2.36. The lowest BCUT2D eigenvalue weighted by Crippen LogP contribution is -2.33. The van der Waals surface area contributed by atoms with E-state index < -0.39 is 15.7 Å². The molecule has 0 bridgehead atoms. The van der Waals surface area contributed by atoms with Crippen molar-refractivity contribution in [3.8, 4) is 0 Å². The van der Waals surface area contributed by atoms with Crippen LogP contribution in [0.3, 0.4) is 0 Å². The van der Waals surface area contributed by atoms with Gasteiger partial charge in [-0.25, -0.2) is 13.5 Å². The second-order valence-corrected chi connectivity index (χ2v) is 7.06. The predicted octanol–water partition coefficient (Wildman–Crippen LogP) is 0.0397. The van der Waals surface area contributed by atoms with Gasteiger partial charge in [-0.15, -0.1) is 0 Å². The molecule has 2 rings (SSSR count). The number of nitrogens with zero attached hydrogens (tertiary/aromatic N) is 2. The van der Waals surface area contributed by atoms with Crippen LogP contribution in [-0.2, 0) is 9.84 Å². The highest BCUT2D eigenvalue weighted by Crippen LogP contribution is 2.13. The van der Waals surface area contributed by atoms with E-state index in [4.69, 9.17) is 0 Å². The number of aromatic nitrogens is 2. The minimum atomic E-state index is -3.16. The maximum absolute atomic E-state index is 12.3. The Morgan fingerprint density at radius 1 is 1.29 bits per heavy atom. The number of nitrogens with one attached hydrogen (secondary N) is 1. The third-order valence-electron chi connectivity index (χ3n) is 3.04. The van der Waals surface area contributed by atoms with Crippen molar-refractivity contribution in [2.45, 2.75) is 0 Å². The summed E-state index contributed by atoms with van der Waals surface area (Å²) in [6, 6.07) is 6.63. The monoisotopic (exact) mass is 309 g/mol. The third-order valence-corrected chi connectivity index (χ3v) is 3.97. The zero-order chi connectivity index (χ0) is 15.6. The fraction of sp³-hybridized carbons (Fsp3) is 0.308. The van der Waals surface area contributed by atoms with Gasteiger partial charge >= 0.3 is 0 Å². The van der Waals surface area contributed by atoms with E-state index in [1.165, 1.54) is 11.9 Å². The van der Waals surface area contributed by atoms with Crippen LogP contribution in [0.15, 0.2) is 29.1 Å². The Hall–Kier alpha value is -2.22. The summed E-state index contributed by atoms with van der Waals surface area (Å²) in [6.45, 7) is 0.0623. The number of hydrogen-bond acceptors (Lipinski definition) is 5. The first-order valence-electron chi connectivity index (χ1n) is 6.20. The van der Waals surface area contributed by atoms with Crippen LogP contribution in [0.4, 0.5) is 0 Å². The number of rotatable bonds is 4. The summed E-state index contributed by atoms with van der Waals surface area (Å²) in [5.41, 5.74) is -0.276.